The molecule has 4 aliphatic rings. The van der Waals surface area contributed by atoms with Crippen molar-refractivity contribution < 1.29 is 39.2 Å². The predicted molar refractivity (Wildman–Crippen MR) is 169 cm³/mol. The maximum atomic E-state index is 14.2. The molecule has 1 saturated carbocycles. The van der Waals surface area contributed by atoms with Gasteiger partial charge in [-0.15, -0.1) is 0 Å². The summed E-state index contributed by atoms with van der Waals surface area (Å²) in [6.45, 7) is 0.383. The Kier molecular flexibility index (Phi) is 7.74. The maximum Gasteiger partial charge on any atom is 0.234 e. The quantitative estimate of drug-likeness (QED) is 0.249. The molecule has 0 aromatic heterocycles. The van der Waals surface area contributed by atoms with Gasteiger partial charge < -0.3 is 20.1 Å². The second kappa shape index (κ2) is 11.9. The number of likely N-dealkylation sites (tertiary alicyclic amines) is 2. The fraction of sp³-hybridized carbons (Fsp3) is 0.351. The highest BCUT2D eigenvalue weighted by molar-refractivity contribution is 6.08. The molecule has 3 N–H and O–H groups in total. The van der Waals surface area contributed by atoms with Gasteiger partial charge in [-0.25, -0.2) is 0 Å². The van der Waals surface area contributed by atoms with E-state index in [-0.39, 0.29) is 60.4 Å². The summed E-state index contributed by atoms with van der Waals surface area (Å²) in [4.78, 5) is 58.7. The van der Waals surface area contributed by atoms with E-state index in [1.54, 1.807) is 54.6 Å². The van der Waals surface area contributed by atoms with Crippen LogP contribution in [0.25, 0.3) is 0 Å². The molecule has 7 rings (SSSR count). The van der Waals surface area contributed by atoms with Crippen molar-refractivity contribution in [3.63, 3.8) is 0 Å². The van der Waals surface area contributed by atoms with Crippen molar-refractivity contribution in [2.45, 2.75) is 31.6 Å². The standard InChI is InChI=1S/C37H36N2O8/c1-47-30-18-24(42)10-11-26(30)31-25-12-13-27-32(36(45)38(34(27)43)16-14-20-2-6-22(40)7-3-20)28(25)19-29-33(31)37(46)39(35(29)44)17-15-21-4-8-23(41)9-5-21/h2-12,18,27-29,31-33,40-42H,13-17,19H2,1H3/t27-,28+,29+,31+,32-,33+/m0/s1. The number of fused-ring (bicyclic) bond motifs is 4. The van der Waals surface area contributed by atoms with Crippen molar-refractivity contribution in [3.8, 4) is 23.0 Å². The Balaban J connectivity index is 1.22. The van der Waals surface area contributed by atoms with E-state index in [0.717, 1.165) is 16.7 Å². The van der Waals surface area contributed by atoms with E-state index in [9.17, 15) is 34.5 Å². The number of aromatic hydroxyl groups is 3. The Morgan fingerprint density at radius 2 is 1.19 bits per heavy atom. The van der Waals surface area contributed by atoms with Gasteiger partial charge in [0.05, 0.1) is 30.8 Å². The number of rotatable bonds is 8. The number of ether oxygens (including phenoxy) is 1. The van der Waals surface area contributed by atoms with E-state index in [2.05, 4.69) is 0 Å². The lowest BCUT2D eigenvalue weighted by molar-refractivity contribution is -0.142. The molecule has 0 bridgehead atoms. The van der Waals surface area contributed by atoms with E-state index >= 15 is 0 Å². The van der Waals surface area contributed by atoms with Crippen molar-refractivity contribution in [1.29, 1.82) is 0 Å². The molecule has 2 aliphatic carbocycles. The van der Waals surface area contributed by atoms with E-state index in [1.807, 2.05) is 6.08 Å². The number of benzene rings is 3. The van der Waals surface area contributed by atoms with Gasteiger partial charge >= 0.3 is 0 Å². The molecular formula is C37H36N2O8. The van der Waals surface area contributed by atoms with Crippen molar-refractivity contribution in [2.75, 3.05) is 20.2 Å². The number of amides is 4. The predicted octanol–water partition coefficient (Wildman–Crippen LogP) is 3.93. The number of methoxy groups -OCH3 is 1. The molecule has 242 valence electrons. The summed E-state index contributed by atoms with van der Waals surface area (Å²) in [6.07, 6.45) is 3.48. The van der Waals surface area contributed by atoms with Crippen LogP contribution in [0.5, 0.6) is 23.0 Å². The number of carbonyl (C=O) groups is 4. The molecule has 3 aromatic rings. The van der Waals surface area contributed by atoms with Gasteiger partial charge in [0, 0.05) is 30.6 Å². The van der Waals surface area contributed by atoms with Crippen molar-refractivity contribution in [3.05, 3.63) is 95.1 Å². The highest BCUT2D eigenvalue weighted by Gasteiger charge is 2.62. The molecule has 10 heteroatoms. The number of hydrogen-bond acceptors (Lipinski definition) is 8. The van der Waals surface area contributed by atoms with Gasteiger partial charge in [-0.3, -0.25) is 29.0 Å². The fourth-order valence-corrected chi connectivity index (χ4v) is 8.27. The van der Waals surface area contributed by atoms with Gasteiger partial charge in [-0.05, 0) is 73.1 Å². The van der Waals surface area contributed by atoms with Gasteiger partial charge in [-0.2, -0.15) is 0 Å². The summed E-state index contributed by atoms with van der Waals surface area (Å²) in [5.41, 5.74) is 3.27. The zero-order valence-electron chi connectivity index (χ0n) is 25.9. The first-order valence-electron chi connectivity index (χ1n) is 16.0. The van der Waals surface area contributed by atoms with Crippen molar-refractivity contribution >= 4 is 23.6 Å². The van der Waals surface area contributed by atoms with Crippen LogP contribution < -0.4 is 4.74 Å². The van der Waals surface area contributed by atoms with E-state index < -0.39 is 35.5 Å². The number of allylic oxidation sites excluding steroid dienone is 2. The number of nitrogens with zero attached hydrogens (tertiary/aromatic N) is 2. The lowest BCUT2D eigenvalue weighted by atomic mass is 9.57. The van der Waals surface area contributed by atoms with E-state index in [1.165, 1.54) is 29.0 Å². The molecule has 2 saturated heterocycles. The van der Waals surface area contributed by atoms with Crippen LogP contribution in [0, 0.1) is 29.6 Å². The number of phenols is 3. The van der Waals surface area contributed by atoms with Gasteiger partial charge in [-0.1, -0.05) is 42.0 Å². The van der Waals surface area contributed by atoms with E-state index in [4.69, 9.17) is 4.74 Å². The molecule has 0 radical (unpaired) electrons. The molecule has 3 fully saturated rings. The minimum atomic E-state index is -0.724. The highest BCUT2D eigenvalue weighted by Crippen LogP contribution is 2.59. The summed E-state index contributed by atoms with van der Waals surface area (Å²) in [6, 6.07) is 18.1. The van der Waals surface area contributed by atoms with Crippen LogP contribution in [0.2, 0.25) is 0 Å². The minimum Gasteiger partial charge on any atom is -0.508 e. The third-order valence-corrected chi connectivity index (χ3v) is 10.5. The molecule has 0 spiro atoms. The molecule has 0 unspecified atom stereocenters. The number of carbonyl (C=O) groups excluding carboxylic acids is 4. The van der Waals surface area contributed by atoms with Crippen molar-refractivity contribution in [2.24, 2.45) is 29.6 Å². The third kappa shape index (κ3) is 5.21. The monoisotopic (exact) mass is 636 g/mol. The second-order valence-corrected chi connectivity index (χ2v) is 12.9. The smallest absolute Gasteiger partial charge is 0.234 e. The SMILES string of the molecule is COc1cc(O)ccc1[C@H]1C2=CC[C@@H]3C(=O)N(CCc4ccc(O)cc4)C(=O)[C@@H]3[C@@H]2C[C@H]2C(=O)N(CCc3ccc(O)cc3)C(=O)[C@@H]12. The minimum absolute atomic E-state index is 0.00242. The summed E-state index contributed by atoms with van der Waals surface area (Å²) in [5.74, 6) is -4.04. The average molecular weight is 637 g/mol. The Morgan fingerprint density at radius 1 is 0.660 bits per heavy atom. The zero-order valence-corrected chi connectivity index (χ0v) is 25.9. The molecule has 2 aliphatic heterocycles. The summed E-state index contributed by atoms with van der Waals surface area (Å²) in [5, 5.41) is 29.5. The molecule has 4 amide bonds. The van der Waals surface area contributed by atoms with Crippen LogP contribution in [-0.2, 0) is 32.0 Å². The van der Waals surface area contributed by atoms with Gasteiger partial charge in [0.1, 0.15) is 23.0 Å². The van der Waals surface area contributed by atoms with Gasteiger partial charge in [0.25, 0.3) is 0 Å². The molecule has 3 aromatic carbocycles. The Morgan fingerprint density at radius 3 is 1.77 bits per heavy atom. The first-order chi connectivity index (χ1) is 22.7. The summed E-state index contributed by atoms with van der Waals surface area (Å²) < 4.78 is 5.67. The highest BCUT2D eigenvalue weighted by atomic mass is 16.5. The van der Waals surface area contributed by atoms with Crippen LogP contribution in [0.3, 0.4) is 0 Å². The van der Waals surface area contributed by atoms with Crippen LogP contribution in [0.4, 0.5) is 0 Å². The molecule has 10 nitrogen and oxygen atoms in total. The maximum absolute atomic E-state index is 14.2. The number of hydrogen-bond donors (Lipinski definition) is 3. The van der Waals surface area contributed by atoms with Crippen LogP contribution >= 0.6 is 0 Å². The van der Waals surface area contributed by atoms with Gasteiger partial charge in [0.15, 0.2) is 0 Å². The average Bonchev–Trinajstić information content (AvgIpc) is 3.46. The topological polar surface area (TPSA) is 145 Å². The van der Waals surface area contributed by atoms with E-state index in [0.29, 0.717) is 30.6 Å². The third-order valence-electron chi connectivity index (χ3n) is 10.5. The van der Waals surface area contributed by atoms with Crippen molar-refractivity contribution in [1.82, 2.24) is 9.80 Å². The second-order valence-electron chi connectivity index (χ2n) is 12.9. The first kappa shape index (κ1) is 30.5. The normalized spacial score (nSPS) is 26.6. The summed E-state index contributed by atoms with van der Waals surface area (Å²) in [7, 11) is 1.48. The first-order valence-corrected chi connectivity index (χ1v) is 16.0. The van der Waals surface area contributed by atoms with Crippen LogP contribution in [0.15, 0.2) is 78.4 Å². The lowest BCUT2D eigenvalue weighted by Crippen LogP contribution is -2.43. The van der Waals surface area contributed by atoms with Crippen LogP contribution in [0.1, 0.15) is 35.4 Å². The Hall–Kier alpha value is -5.12. The number of imide groups is 2. The summed E-state index contributed by atoms with van der Waals surface area (Å²) >= 11 is 0. The van der Waals surface area contributed by atoms with Gasteiger partial charge in [0.2, 0.25) is 23.6 Å². The Labute approximate surface area is 271 Å². The number of phenolic OH excluding ortho intramolecular Hbond substituents is 3. The molecule has 2 heterocycles. The molecule has 47 heavy (non-hydrogen) atoms. The largest absolute Gasteiger partial charge is 0.508 e. The fourth-order valence-electron chi connectivity index (χ4n) is 8.27. The zero-order chi connectivity index (χ0) is 33.0. The molecule has 6 atom stereocenters. The van der Waals surface area contributed by atoms with Crippen LogP contribution in [-0.4, -0.2) is 68.9 Å². The lowest BCUT2D eigenvalue weighted by Gasteiger charge is -2.44. The molecular weight excluding hydrogens is 600 g/mol. The Bertz CT molecular complexity index is 1780.